The van der Waals surface area contributed by atoms with Gasteiger partial charge in [0, 0.05) is 23.3 Å². The number of amides is 1. The van der Waals surface area contributed by atoms with Crippen molar-refractivity contribution in [3.05, 3.63) is 53.6 Å². The Bertz CT molecular complexity index is 850. The molecule has 0 bridgehead atoms. The number of phenols is 1. The molecule has 2 aromatic carbocycles. The van der Waals surface area contributed by atoms with Gasteiger partial charge in [-0.05, 0) is 78.2 Å². The smallest absolute Gasteiger partial charge is 0.254 e. The molecule has 0 fully saturated rings. The predicted molar refractivity (Wildman–Crippen MR) is 117 cm³/mol. The summed E-state index contributed by atoms with van der Waals surface area (Å²) in [5.74, 6) is -0.245. The highest BCUT2D eigenvalue weighted by atomic mass is 16.3. The van der Waals surface area contributed by atoms with Gasteiger partial charge in [0.05, 0.1) is 17.8 Å². The second-order valence-corrected chi connectivity index (χ2v) is 7.96. The molecule has 0 spiro atoms. The number of carbonyl (C=O) groups excluding carboxylic acids is 2. The Morgan fingerprint density at radius 3 is 2.07 bits per heavy atom. The quantitative estimate of drug-likeness (QED) is 0.655. The van der Waals surface area contributed by atoms with Crippen LogP contribution in [0.15, 0.2) is 42.5 Å². The monoisotopic (exact) mass is 397 g/mol. The van der Waals surface area contributed by atoms with Crippen LogP contribution in [0.3, 0.4) is 0 Å². The van der Waals surface area contributed by atoms with Crippen LogP contribution in [0.25, 0.3) is 0 Å². The average Bonchev–Trinajstić information content (AvgIpc) is 2.61. The van der Waals surface area contributed by atoms with Crippen LogP contribution in [-0.2, 0) is 0 Å². The minimum atomic E-state index is -0.174. The van der Waals surface area contributed by atoms with E-state index in [0.717, 1.165) is 5.69 Å². The zero-order chi connectivity index (χ0) is 21.7. The number of hydrogen-bond acceptors (Lipinski definition) is 5. The Balaban J connectivity index is 2.26. The Morgan fingerprint density at radius 1 is 0.966 bits per heavy atom. The van der Waals surface area contributed by atoms with Gasteiger partial charge in [-0.15, -0.1) is 0 Å². The maximum atomic E-state index is 12.8. The molecule has 0 heterocycles. The molecular formula is C23H31N3O3. The van der Waals surface area contributed by atoms with Crippen LogP contribution >= 0.6 is 0 Å². The molecule has 6 heteroatoms. The third-order valence-electron chi connectivity index (χ3n) is 4.54. The lowest BCUT2D eigenvalue weighted by atomic mass is 10.1. The topological polar surface area (TPSA) is 72.9 Å². The van der Waals surface area contributed by atoms with E-state index in [1.807, 2.05) is 32.6 Å². The molecule has 0 aliphatic rings. The molecule has 29 heavy (non-hydrogen) atoms. The van der Waals surface area contributed by atoms with Gasteiger partial charge in [0.25, 0.3) is 5.91 Å². The molecule has 2 aromatic rings. The van der Waals surface area contributed by atoms with E-state index in [4.69, 9.17) is 0 Å². The summed E-state index contributed by atoms with van der Waals surface area (Å²) < 4.78 is 0. The molecule has 0 saturated carbocycles. The molecule has 0 aliphatic carbocycles. The third-order valence-corrected chi connectivity index (χ3v) is 4.54. The first kappa shape index (κ1) is 22.4. The minimum Gasteiger partial charge on any atom is -0.507 e. The lowest BCUT2D eigenvalue weighted by molar-refractivity contribution is 0.0643. The molecular weight excluding hydrogens is 366 g/mol. The van der Waals surface area contributed by atoms with Crippen molar-refractivity contribution in [1.82, 2.24) is 9.80 Å². The normalized spacial score (nSPS) is 11.2. The summed E-state index contributed by atoms with van der Waals surface area (Å²) in [5, 5.41) is 13.4. The number of likely N-dealkylation sites (N-methyl/N-ethyl adjacent to an activating group) is 1. The van der Waals surface area contributed by atoms with Gasteiger partial charge in [-0.3, -0.25) is 9.59 Å². The van der Waals surface area contributed by atoms with E-state index in [2.05, 4.69) is 5.32 Å². The van der Waals surface area contributed by atoms with Crippen LogP contribution < -0.4 is 5.32 Å². The molecule has 0 radical (unpaired) electrons. The highest BCUT2D eigenvalue weighted by molar-refractivity contribution is 6.05. The van der Waals surface area contributed by atoms with Crippen molar-refractivity contribution in [2.24, 2.45) is 0 Å². The van der Waals surface area contributed by atoms with E-state index in [1.54, 1.807) is 55.4 Å². The first-order valence-electron chi connectivity index (χ1n) is 9.81. The summed E-state index contributed by atoms with van der Waals surface area (Å²) in [6.07, 6.45) is 0. The summed E-state index contributed by atoms with van der Waals surface area (Å²) in [7, 11) is 3.61. The average molecular weight is 398 g/mol. The molecule has 2 N–H and O–H groups in total. The van der Waals surface area contributed by atoms with Crippen molar-refractivity contribution in [3.8, 4) is 5.75 Å². The molecule has 6 nitrogen and oxygen atoms in total. The van der Waals surface area contributed by atoms with Crippen molar-refractivity contribution >= 4 is 23.1 Å². The number of anilines is 2. The van der Waals surface area contributed by atoms with Gasteiger partial charge >= 0.3 is 0 Å². The second-order valence-electron chi connectivity index (χ2n) is 7.96. The first-order valence-corrected chi connectivity index (χ1v) is 9.81. The van der Waals surface area contributed by atoms with Crippen molar-refractivity contribution in [3.63, 3.8) is 0 Å². The number of benzene rings is 2. The van der Waals surface area contributed by atoms with Gasteiger partial charge in [-0.1, -0.05) is 6.07 Å². The molecule has 0 aliphatic heterocycles. The number of aromatic hydroxyl groups is 1. The van der Waals surface area contributed by atoms with E-state index in [0.29, 0.717) is 11.3 Å². The van der Waals surface area contributed by atoms with E-state index in [-0.39, 0.29) is 41.6 Å². The molecule has 0 aromatic heterocycles. The maximum absolute atomic E-state index is 12.8. The molecule has 0 atom stereocenters. The first-order chi connectivity index (χ1) is 13.6. The van der Waals surface area contributed by atoms with Crippen LogP contribution in [0.4, 0.5) is 11.4 Å². The van der Waals surface area contributed by atoms with Crippen LogP contribution in [-0.4, -0.2) is 59.3 Å². The summed E-state index contributed by atoms with van der Waals surface area (Å²) in [5.41, 5.74) is 2.12. The van der Waals surface area contributed by atoms with E-state index in [1.165, 1.54) is 6.07 Å². The molecule has 0 unspecified atom stereocenters. The van der Waals surface area contributed by atoms with Crippen LogP contribution in [0, 0.1) is 0 Å². The number of nitrogens with zero attached hydrogens (tertiary/aromatic N) is 2. The standard InChI is InChI=1S/C23H31N3O3/c1-15(2)26(16(3)4)23(29)17-10-12-18(13-11-17)24-19-8-7-9-20(27)22(19)21(28)14-25(5)6/h7-13,15-16,24,27H,14H2,1-6H3. The second kappa shape index (κ2) is 9.56. The van der Waals surface area contributed by atoms with Gasteiger partial charge < -0.3 is 20.2 Å². The lowest BCUT2D eigenvalue weighted by Gasteiger charge is -2.30. The number of phenolic OH excluding ortho intramolecular Hbond substituents is 1. The van der Waals surface area contributed by atoms with Crippen LogP contribution in [0.2, 0.25) is 0 Å². The molecule has 156 valence electrons. The van der Waals surface area contributed by atoms with Crippen molar-refractivity contribution in [1.29, 1.82) is 0 Å². The van der Waals surface area contributed by atoms with Gasteiger partial charge in [0.1, 0.15) is 5.75 Å². The Hall–Kier alpha value is -2.86. The Labute approximate surface area is 173 Å². The van der Waals surface area contributed by atoms with E-state index >= 15 is 0 Å². The Morgan fingerprint density at radius 2 is 1.55 bits per heavy atom. The number of hydrogen-bond donors (Lipinski definition) is 2. The van der Waals surface area contributed by atoms with E-state index in [9.17, 15) is 14.7 Å². The summed E-state index contributed by atoms with van der Waals surface area (Å²) in [6.45, 7) is 8.20. The zero-order valence-electron chi connectivity index (χ0n) is 18.1. The van der Waals surface area contributed by atoms with E-state index < -0.39 is 0 Å². The fourth-order valence-corrected chi connectivity index (χ4v) is 3.37. The van der Waals surface area contributed by atoms with Crippen LogP contribution in [0.1, 0.15) is 48.4 Å². The van der Waals surface area contributed by atoms with Crippen LogP contribution in [0.5, 0.6) is 5.75 Å². The SMILES string of the molecule is CC(C)N(C(=O)c1ccc(Nc2cccc(O)c2C(=O)CN(C)C)cc1)C(C)C. The number of carbonyl (C=O) groups is 2. The molecule has 1 amide bonds. The lowest BCUT2D eigenvalue weighted by Crippen LogP contribution is -2.42. The van der Waals surface area contributed by atoms with Crippen molar-refractivity contribution in [2.75, 3.05) is 26.0 Å². The van der Waals surface area contributed by atoms with Crippen molar-refractivity contribution in [2.45, 2.75) is 39.8 Å². The van der Waals surface area contributed by atoms with Crippen molar-refractivity contribution < 1.29 is 14.7 Å². The highest BCUT2D eigenvalue weighted by Crippen LogP contribution is 2.29. The number of Topliss-reactive ketones (excluding diaryl/α,β-unsaturated/α-hetero) is 1. The van der Waals surface area contributed by atoms with Gasteiger partial charge in [-0.2, -0.15) is 0 Å². The summed E-state index contributed by atoms with van der Waals surface area (Å²) in [4.78, 5) is 29.0. The predicted octanol–water partition coefficient (Wildman–Crippen LogP) is 4.14. The summed E-state index contributed by atoms with van der Waals surface area (Å²) in [6, 6.07) is 12.3. The molecule has 2 rings (SSSR count). The fraction of sp³-hybridized carbons (Fsp3) is 0.391. The van der Waals surface area contributed by atoms with Gasteiger partial charge in [0.15, 0.2) is 5.78 Å². The largest absolute Gasteiger partial charge is 0.507 e. The summed E-state index contributed by atoms with van der Waals surface area (Å²) >= 11 is 0. The third kappa shape index (κ3) is 5.57. The minimum absolute atomic E-state index is 0.0132. The fourth-order valence-electron chi connectivity index (χ4n) is 3.37. The number of nitrogens with one attached hydrogen (secondary N) is 1. The number of rotatable bonds is 8. The number of ketones is 1. The maximum Gasteiger partial charge on any atom is 0.254 e. The van der Waals surface area contributed by atoms with Gasteiger partial charge in [0.2, 0.25) is 0 Å². The highest BCUT2D eigenvalue weighted by Gasteiger charge is 2.21. The Kier molecular flexibility index (Phi) is 7.40. The molecule has 0 saturated heterocycles. The van der Waals surface area contributed by atoms with Gasteiger partial charge in [-0.25, -0.2) is 0 Å². The zero-order valence-corrected chi connectivity index (χ0v) is 18.1.